The number of halogens is 2. The number of ether oxygens (including phenoxy) is 2. The second-order valence-corrected chi connectivity index (χ2v) is 4.41. The van der Waals surface area contributed by atoms with Crippen LogP contribution in [0.4, 0.5) is 4.39 Å². The molecule has 100 valence electrons. The predicted octanol–water partition coefficient (Wildman–Crippen LogP) is 2.35. The number of Topliss-reactive ketones (excluding diaryl/α,β-unsaturated/α-hetero) is 1. The van der Waals surface area contributed by atoms with Crippen molar-refractivity contribution in [3.05, 3.63) is 34.6 Å². The Kier molecular flexibility index (Phi) is 3.99. The van der Waals surface area contributed by atoms with E-state index in [0.29, 0.717) is 5.75 Å². The fourth-order valence-electron chi connectivity index (χ4n) is 1.74. The maximum Gasteiger partial charge on any atom is 0.337 e. The average Bonchev–Trinajstić information content (AvgIpc) is 2.45. The molecule has 0 radical (unpaired) electrons. The molecule has 0 saturated heterocycles. The minimum atomic E-state index is -0.692. The SMILES string of the molecule is COC(=O)C1=Cc2c(ccc(C(=O)CBr)c2F)OC1. The summed E-state index contributed by atoms with van der Waals surface area (Å²) < 4.78 is 24.0. The van der Waals surface area contributed by atoms with Crippen molar-refractivity contribution >= 4 is 33.8 Å². The van der Waals surface area contributed by atoms with E-state index >= 15 is 0 Å². The van der Waals surface area contributed by atoms with Gasteiger partial charge in [0.25, 0.3) is 0 Å². The third kappa shape index (κ3) is 2.53. The molecule has 2 rings (SSSR count). The Bertz CT molecular complexity index is 580. The highest BCUT2D eigenvalue weighted by Crippen LogP contribution is 2.31. The normalized spacial score (nSPS) is 13.1. The summed E-state index contributed by atoms with van der Waals surface area (Å²) >= 11 is 2.99. The topological polar surface area (TPSA) is 52.6 Å². The molecule has 0 fully saturated rings. The monoisotopic (exact) mass is 328 g/mol. The van der Waals surface area contributed by atoms with Crippen molar-refractivity contribution in [1.29, 1.82) is 0 Å². The largest absolute Gasteiger partial charge is 0.488 e. The number of benzene rings is 1. The molecule has 0 saturated carbocycles. The molecule has 0 atom stereocenters. The number of ketones is 1. The number of alkyl halides is 1. The van der Waals surface area contributed by atoms with Gasteiger partial charge in [-0.2, -0.15) is 0 Å². The molecule has 0 spiro atoms. The number of esters is 1. The Morgan fingerprint density at radius 1 is 1.47 bits per heavy atom. The third-order valence-corrected chi connectivity index (χ3v) is 3.22. The van der Waals surface area contributed by atoms with Crippen LogP contribution in [-0.2, 0) is 9.53 Å². The van der Waals surface area contributed by atoms with Gasteiger partial charge in [-0.1, -0.05) is 15.9 Å². The van der Waals surface area contributed by atoms with Crippen LogP contribution < -0.4 is 4.74 Å². The van der Waals surface area contributed by atoms with Gasteiger partial charge in [0.2, 0.25) is 0 Å². The molecule has 1 aliphatic rings. The fraction of sp³-hybridized carbons (Fsp3) is 0.231. The zero-order chi connectivity index (χ0) is 14.0. The third-order valence-electron chi connectivity index (χ3n) is 2.71. The molecule has 19 heavy (non-hydrogen) atoms. The summed E-state index contributed by atoms with van der Waals surface area (Å²) in [6.45, 7) is 0.0187. The van der Waals surface area contributed by atoms with E-state index in [1.165, 1.54) is 25.3 Å². The van der Waals surface area contributed by atoms with Crippen LogP contribution in [0.25, 0.3) is 6.08 Å². The summed E-state index contributed by atoms with van der Waals surface area (Å²) in [5, 5.41) is 0.0249. The van der Waals surface area contributed by atoms with Crippen LogP contribution >= 0.6 is 15.9 Å². The standard InChI is InChI=1S/C13H10BrFO4/c1-18-13(17)7-4-9-11(19-6-7)3-2-8(12(9)15)10(16)5-14/h2-4H,5-6H2,1H3. The van der Waals surface area contributed by atoms with E-state index in [0.717, 1.165) is 0 Å². The van der Waals surface area contributed by atoms with Crippen LogP contribution in [0.5, 0.6) is 5.75 Å². The predicted molar refractivity (Wildman–Crippen MR) is 70.0 cm³/mol. The first-order valence-electron chi connectivity index (χ1n) is 5.41. The summed E-state index contributed by atoms with van der Waals surface area (Å²) in [4.78, 5) is 22.9. The molecule has 4 nitrogen and oxygen atoms in total. The lowest BCUT2D eigenvalue weighted by atomic mass is 10.0. The van der Waals surface area contributed by atoms with Crippen molar-refractivity contribution in [2.75, 3.05) is 19.0 Å². The van der Waals surface area contributed by atoms with E-state index in [1.807, 2.05) is 0 Å². The Morgan fingerprint density at radius 3 is 2.84 bits per heavy atom. The first-order chi connectivity index (χ1) is 9.08. The van der Waals surface area contributed by atoms with Crippen LogP contribution in [0.2, 0.25) is 0 Å². The highest BCUT2D eigenvalue weighted by Gasteiger charge is 2.23. The summed E-state index contributed by atoms with van der Waals surface area (Å²) in [6.07, 6.45) is 1.35. The molecule has 1 aromatic rings. The van der Waals surface area contributed by atoms with E-state index in [9.17, 15) is 14.0 Å². The molecule has 6 heteroatoms. The molecule has 0 amide bonds. The lowest BCUT2D eigenvalue weighted by molar-refractivity contribution is -0.136. The van der Waals surface area contributed by atoms with Crippen LogP contribution in [0.3, 0.4) is 0 Å². The number of carbonyl (C=O) groups excluding carboxylic acids is 2. The van der Waals surface area contributed by atoms with Crippen LogP contribution in [0, 0.1) is 5.82 Å². The van der Waals surface area contributed by atoms with Crippen LogP contribution in [0.15, 0.2) is 17.7 Å². The van der Waals surface area contributed by atoms with E-state index in [2.05, 4.69) is 20.7 Å². The number of hydrogen-bond donors (Lipinski definition) is 0. The fourth-order valence-corrected chi connectivity index (χ4v) is 2.05. The number of rotatable bonds is 3. The number of carbonyl (C=O) groups is 2. The molecule has 0 bridgehead atoms. The van der Waals surface area contributed by atoms with E-state index in [1.54, 1.807) is 0 Å². The van der Waals surface area contributed by atoms with Crippen molar-refractivity contribution in [2.24, 2.45) is 0 Å². The quantitative estimate of drug-likeness (QED) is 0.485. The Hall–Kier alpha value is -1.69. The Labute approximate surface area is 117 Å². The summed E-state index contributed by atoms with van der Waals surface area (Å²) in [6, 6.07) is 2.88. The molecular weight excluding hydrogens is 319 g/mol. The van der Waals surface area contributed by atoms with Crippen molar-refractivity contribution in [3.63, 3.8) is 0 Å². The second-order valence-electron chi connectivity index (χ2n) is 3.85. The first-order valence-corrected chi connectivity index (χ1v) is 6.54. The maximum atomic E-state index is 14.2. The minimum Gasteiger partial charge on any atom is -0.488 e. The summed E-state index contributed by atoms with van der Waals surface area (Å²) in [5.41, 5.74) is 0.261. The van der Waals surface area contributed by atoms with Gasteiger partial charge < -0.3 is 9.47 Å². The molecule has 0 aromatic heterocycles. The zero-order valence-electron chi connectivity index (χ0n) is 10.0. The van der Waals surface area contributed by atoms with E-state index < -0.39 is 11.8 Å². The van der Waals surface area contributed by atoms with Gasteiger partial charge in [-0.3, -0.25) is 4.79 Å². The van der Waals surface area contributed by atoms with Crippen molar-refractivity contribution in [3.8, 4) is 5.75 Å². The van der Waals surface area contributed by atoms with Gasteiger partial charge in [-0.25, -0.2) is 9.18 Å². The number of hydrogen-bond acceptors (Lipinski definition) is 4. The second kappa shape index (κ2) is 5.52. The zero-order valence-corrected chi connectivity index (χ0v) is 11.6. The van der Waals surface area contributed by atoms with Crippen LogP contribution in [-0.4, -0.2) is 30.8 Å². The van der Waals surface area contributed by atoms with Gasteiger partial charge in [-0.05, 0) is 18.2 Å². The Morgan fingerprint density at radius 2 is 2.21 bits per heavy atom. The molecule has 1 aliphatic heterocycles. The van der Waals surface area contributed by atoms with E-state index in [-0.39, 0.29) is 34.4 Å². The summed E-state index contributed by atoms with van der Waals surface area (Å²) in [7, 11) is 1.24. The Balaban J connectivity index is 2.51. The number of fused-ring (bicyclic) bond motifs is 1. The maximum absolute atomic E-state index is 14.2. The minimum absolute atomic E-state index is 0.0187. The summed E-state index contributed by atoms with van der Waals surface area (Å²) in [5.74, 6) is -1.35. The van der Waals surface area contributed by atoms with Gasteiger partial charge in [0.15, 0.2) is 5.78 Å². The van der Waals surface area contributed by atoms with Gasteiger partial charge in [0, 0.05) is 0 Å². The van der Waals surface area contributed by atoms with Crippen molar-refractivity contribution in [2.45, 2.75) is 0 Å². The molecule has 0 aliphatic carbocycles. The average molecular weight is 329 g/mol. The van der Waals surface area contributed by atoms with Gasteiger partial charge in [0.1, 0.15) is 18.2 Å². The van der Waals surface area contributed by atoms with Crippen LogP contribution in [0.1, 0.15) is 15.9 Å². The molecule has 1 heterocycles. The smallest absolute Gasteiger partial charge is 0.337 e. The molecule has 1 aromatic carbocycles. The number of methoxy groups -OCH3 is 1. The lowest BCUT2D eigenvalue weighted by Crippen LogP contribution is -2.17. The lowest BCUT2D eigenvalue weighted by Gasteiger charge is -2.18. The molecule has 0 unspecified atom stereocenters. The van der Waals surface area contributed by atoms with Crippen molar-refractivity contribution in [1.82, 2.24) is 0 Å². The van der Waals surface area contributed by atoms with Gasteiger partial charge >= 0.3 is 5.97 Å². The van der Waals surface area contributed by atoms with Gasteiger partial charge in [0.05, 0.1) is 29.1 Å². The van der Waals surface area contributed by atoms with Crippen molar-refractivity contribution < 1.29 is 23.5 Å². The highest BCUT2D eigenvalue weighted by molar-refractivity contribution is 9.09. The first kappa shape index (κ1) is 13.7. The highest BCUT2D eigenvalue weighted by atomic mass is 79.9. The van der Waals surface area contributed by atoms with E-state index in [4.69, 9.17) is 4.74 Å². The van der Waals surface area contributed by atoms with Gasteiger partial charge in [-0.15, -0.1) is 0 Å². The molecular formula is C13H10BrFO4. The molecule has 0 N–H and O–H groups in total.